The Bertz CT molecular complexity index is 277. The minimum atomic E-state index is -0.156. The monoisotopic (exact) mass is 255 g/mol. The number of likely N-dealkylation sites (tertiary alicyclic amines) is 2. The molecule has 2 fully saturated rings. The Kier molecular flexibility index (Phi) is 4.83. The van der Waals surface area contributed by atoms with E-state index >= 15 is 0 Å². The standard InChI is InChI=1S/C13H25N3O2/c1-3-18-13(17)16-8-5-11(6-9-16)14-12-4-7-15(2)10-12/h11-12,14H,3-10H2,1-2H3. The number of amides is 1. The summed E-state index contributed by atoms with van der Waals surface area (Å²) in [5.74, 6) is 0. The van der Waals surface area contributed by atoms with Gasteiger partial charge < -0.3 is 19.9 Å². The normalized spacial score (nSPS) is 26.6. The number of piperidine rings is 1. The molecular weight excluding hydrogens is 230 g/mol. The van der Waals surface area contributed by atoms with E-state index in [1.54, 1.807) is 0 Å². The molecule has 0 aromatic carbocycles. The van der Waals surface area contributed by atoms with Crippen LogP contribution < -0.4 is 5.32 Å². The van der Waals surface area contributed by atoms with Crippen molar-refractivity contribution in [3.05, 3.63) is 0 Å². The van der Waals surface area contributed by atoms with Gasteiger partial charge in [0, 0.05) is 31.7 Å². The van der Waals surface area contributed by atoms with Crippen molar-refractivity contribution in [1.29, 1.82) is 0 Å². The van der Waals surface area contributed by atoms with Gasteiger partial charge in [0.25, 0.3) is 0 Å². The average molecular weight is 255 g/mol. The third-order valence-corrected chi connectivity index (χ3v) is 3.88. The lowest BCUT2D eigenvalue weighted by atomic mass is 10.0. The largest absolute Gasteiger partial charge is 0.450 e. The lowest BCUT2D eigenvalue weighted by Crippen LogP contribution is -2.48. The minimum absolute atomic E-state index is 0.156. The molecule has 2 saturated heterocycles. The fraction of sp³-hybridized carbons (Fsp3) is 0.923. The number of carbonyl (C=O) groups is 1. The molecule has 0 saturated carbocycles. The van der Waals surface area contributed by atoms with Crippen molar-refractivity contribution in [2.24, 2.45) is 0 Å². The van der Waals surface area contributed by atoms with Crippen molar-refractivity contribution in [1.82, 2.24) is 15.1 Å². The van der Waals surface area contributed by atoms with E-state index in [1.165, 1.54) is 13.0 Å². The summed E-state index contributed by atoms with van der Waals surface area (Å²) in [5.41, 5.74) is 0. The molecule has 0 aromatic heterocycles. The van der Waals surface area contributed by atoms with E-state index in [2.05, 4.69) is 17.3 Å². The zero-order chi connectivity index (χ0) is 13.0. The average Bonchev–Trinajstić information content (AvgIpc) is 2.76. The second kappa shape index (κ2) is 6.38. The molecule has 2 rings (SSSR count). The Labute approximate surface area is 109 Å². The van der Waals surface area contributed by atoms with Gasteiger partial charge in [0.2, 0.25) is 0 Å². The summed E-state index contributed by atoms with van der Waals surface area (Å²) in [6, 6.07) is 1.20. The van der Waals surface area contributed by atoms with Crippen LogP contribution in [0.15, 0.2) is 0 Å². The van der Waals surface area contributed by atoms with Crippen LogP contribution in [-0.2, 0) is 4.74 Å². The van der Waals surface area contributed by atoms with Gasteiger partial charge in [0.1, 0.15) is 0 Å². The van der Waals surface area contributed by atoms with E-state index in [0.29, 0.717) is 18.7 Å². The molecule has 0 bridgehead atoms. The van der Waals surface area contributed by atoms with E-state index < -0.39 is 0 Å². The molecule has 5 heteroatoms. The molecule has 2 heterocycles. The Morgan fingerprint density at radius 3 is 2.44 bits per heavy atom. The molecule has 1 amide bonds. The van der Waals surface area contributed by atoms with Crippen molar-refractivity contribution < 1.29 is 9.53 Å². The topological polar surface area (TPSA) is 44.8 Å². The zero-order valence-electron chi connectivity index (χ0n) is 11.5. The summed E-state index contributed by atoms with van der Waals surface area (Å²) in [6.07, 6.45) is 3.17. The second-order valence-corrected chi connectivity index (χ2v) is 5.37. The van der Waals surface area contributed by atoms with E-state index in [-0.39, 0.29) is 6.09 Å². The first-order chi connectivity index (χ1) is 8.69. The van der Waals surface area contributed by atoms with E-state index in [0.717, 1.165) is 32.5 Å². The van der Waals surface area contributed by atoms with Gasteiger partial charge in [-0.05, 0) is 39.8 Å². The van der Waals surface area contributed by atoms with E-state index in [9.17, 15) is 4.79 Å². The van der Waals surface area contributed by atoms with Crippen molar-refractivity contribution in [3.8, 4) is 0 Å². The lowest BCUT2D eigenvalue weighted by Gasteiger charge is -2.33. The number of carbonyl (C=O) groups excluding carboxylic acids is 1. The van der Waals surface area contributed by atoms with Gasteiger partial charge in [-0.3, -0.25) is 0 Å². The first kappa shape index (κ1) is 13.6. The molecule has 18 heavy (non-hydrogen) atoms. The van der Waals surface area contributed by atoms with Crippen LogP contribution in [0.3, 0.4) is 0 Å². The number of hydrogen-bond acceptors (Lipinski definition) is 4. The van der Waals surface area contributed by atoms with Crippen LogP contribution >= 0.6 is 0 Å². The van der Waals surface area contributed by atoms with Crippen LogP contribution in [0.2, 0.25) is 0 Å². The summed E-state index contributed by atoms with van der Waals surface area (Å²) in [5, 5.41) is 3.72. The number of hydrogen-bond donors (Lipinski definition) is 1. The summed E-state index contributed by atoms with van der Waals surface area (Å²) in [7, 11) is 2.17. The number of nitrogens with one attached hydrogen (secondary N) is 1. The number of likely N-dealkylation sites (N-methyl/N-ethyl adjacent to an activating group) is 1. The lowest BCUT2D eigenvalue weighted by molar-refractivity contribution is 0.0943. The quantitative estimate of drug-likeness (QED) is 0.814. The van der Waals surface area contributed by atoms with Gasteiger partial charge in [-0.25, -0.2) is 4.79 Å². The molecule has 0 spiro atoms. The van der Waals surface area contributed by atoms with Crippen LogP contribution in [0.25, 0.3) is 0 Å². The maximum atomic E-state index is 11.6. The smallest absolute Gasteiger partial charge is 0.409 e. The predicted octanol–water partition coefficient (Wildman–Crippen LogP) is 0.901. The highest BCUT2D eigenvalue weighted by atomic mass is 16.6. The Balaban J connectivity index is 1.68. The van der Waals surface area contributed by atoms with Gasteiger partial charge in [-0.2, -0.15) is 0 Å². The first-order valence-electron chi connectivity index (χ1n) is 7.05. The Morgan fingerprint density at radius 1 is 1.22 bits per heavy atom. The van der Waals surface area contributed by atoms with Crippen molar-refractivity contribution >= 4 is 6.09 Å². The highest BCUT2D eigenvalue weighted by Crippen LogP contribution is 2.15. The van der Waals surface area contributed by atoms with Gasteiger partial charge in [0.15, 0.2) is 0 Å². The minimum Gasteiger partial charge on any atom is -0.450 e. The predicted molar refractivity (Wildman–Crippen MR) is 70.7 cm³/mol. The van der Waals surface area contributed by atoms with Crippen molar-refractivity contribution in [2.45, 2.75) is 38.3 Å². The summed E-state index contributed by atoms with van der Waals surface area (Å²) in [4.78, 5) is 15.8. The molecule has 0 aliphatic carbocycles. The third-order valence-electron chi connectivity index (χ3n) is 3.88. The molecule has 5 nitrogen and oxygen atoms in total. The first-order valence-corrected chi connectivity index (χ1v) is 7.05. The third kappa shape index (κ3) is 3.59. The van der Waals surface area contributed by atoms with Crippen LogP contribution in [0.1, 0.15) is 26.2 Å². The molecular formula is C13H25N3O2. The van der Waals surface area contributed by atoms with Crippen LogP contribution in [0.5, 0.6) is 0 Å². The van der Waals surface area contributed by atoms with E-state index in [1.807, 2.05) is 11.8 Å². The van der Waals surface area contributed by atoms with Crippen molar-refractivity contribution in [2.75, 3.05) is 39.8 Å². The summed E-state index contributed by atoms with van der Waals surface area (Å²) in [6.45, 7) is 6.30. The van der Waals surface area contributed by atoms with Crippen molar-refractivity contribution in [3.63, 3.8) is 0 Å². The molecule has 1 unspecified atom stereocenters. The number of ether oxygens (including phenoxy) is 1. The molecule has 0 radical (unpaired) electrons. The van der Waals surface area contributed by atoms with E-state index in [4.69, 9.17) is 4.74 Å². The maximum absolute atomic E-state index is 11.6. The van der Waals surface area contributed by atoms with Gasteiger partial charge in [-0.1, -0.05) is 0 Å². The zero-order valence-corrected chi connectivity index (χ0v) is 11.5. The molecule has 104 valence electrons. The molecule has 2 aliphatic heterocycles. The number of rotatable bonds is 3. The van der Waals surface area contributed by atoms with Gasteiger partial charge >= 0.3 is 6.09 Å². The highest BCUT2D eigenvalue weighted by molar-refractivity contribution is 5.67. The molecule has 1 N–H and O–H groups in total. The summed E-state index contributed by atoms with van der Waals surface area (Å²) < 4.78 is 5.02. The Morgan fingerprint density at radius 2 is 1.89 bits per heavy atom. The maximum Gasteiger partial charge on any atom is 0.409 e. The molecule has 2 aliphatic rings. The second-order valence-electron chi connectivity index (χ2n) is 5.37. The van der Waals surface area contributed by atoms with Gasteiger partial charge in [0.05, 0.1) is 6.61 Å². The number of nitrogens with zero attached hydrogens (tertiary/aromatic N) is 2. The fourth-order valence-electron chi connectivity index (χ4n) is 2.85. The SMILES string of the molecule is CCOC(=O)N1CCC(NC2CCN(C)C2)CC1. The molecule has 0 aromatic rings. The van der Waals surface area contributed by atoms with Crippen LogP contribution in [-0.4, -0.2) is 67.8 Å². The summed E-state index contributed by atoms with van der Waals surface area (Å²) >= 11 is 0. The Hall–Kier alpha value is -0.810. The molecule has 1 atom stereocenters. The van der Waals surface area contributed by atoms with Gasteiger partial charge in [-0.15, -0.1) is 0 Å². The van der Waals surface area contributed by atoms with Crippen LogP contribution in [0, 0.1) is 0 Å². The highest BCUT2D eigenvalue weighted by Gasteiger charge is 2.27. The van der Waals surface area contributed by atoms with Crippen LogP contribution in [0.4, 0.5) is 4.79 Å². The fourth-order valence-corrected chi connectivity index (χ4v) is 2.85.